The van der Waals surface area contributed by atoms with E-state index in [-0.39, 0.29) is 5.91 Å². The van der Waals surface area contributed by atoms with Gasteiger partial charge in [0, 0.05) is 30.1 Å². The third-order valence-corrected chi connectivity index (χ3v) is 4.49. The molecule has 1 aliphatic rings. The van der Waals surface area contributed by atoms with Crippen LogP contribution in [0.1, 0.15) is 23.4 Å². The van der Waals surface area contributed by atoms with Gasteiger partial charge in [0.1, 0.15) is 12.2 Å². The Morgan fingerprint density at radius 3 is 3.17 bits per heavy atom. The monoisotopic (exact) mass is 309 g/mol. The summed E-state index contributed by atoms with van der Waals surface area (Å²) >= 11 is 0. The molecule has 0 saturated heterocycles. The molecule has 0 bridgehead atoms. The van der Waals surface area contributed by atoms with Gasteiger partial charge in [-0.05, 0) is 31.0 Å². The summed E-state index contributed by atoms with van der Waals surface area (Å²) in [6, 6.07) is 6.36. The smallest absolute Gasteiger partial charge is 0.223 e. The molecule has 1 aliphatic heterocycles. The summed E-state index contributed by atoms with van der Waals surface area (Å²) in [4.78, 5) is 21.9. The van der Waals surface area contributed by atoms with E-state index in [1.54, 1.807) is 6.33 Å². The van der Waals surface area contributed by atoms with Gasteiger partial charge < -0.3 is 9.88 Å². The van der Waals surface area contributed by atoms with Crippen molar-refractivity contribution in [1.82, 2.24) is 24.6 Å². The largest absolute Gasteiger partial charge is 0.361 e. The second-order valence-corrected chi connectivity index (χ2v) is 6.08. The average Bonchev–Trinajstić information content (AvgIpc) is 3.18. The lowest BCUT2D eigenvalue weighted by Crippen LogP contribution is -2.38. The van der Waals surface area contributed by atoms with Gasteiger partial charge in [0.15, 0.2) is 0 Å². The van der Waals surface area contributed by atoms with Crippen molar-refractivity contribution < 1.29 is 4.79 Å². The Labute approximate surface area is 134 Å². The van der Waals surface area contributed by atoms with Gasteiger partial charge in [-0.25, -0.2) is 9.67 Å². The standard InChI is InChI=1S/C17H19N5O/c1-12-2-4-15-14(8-12)13(9-18-15)3-5-17(23)21-6-7-22-16(10-21)19-11-20-22/h2,4,8-9,11,18H,3,5-7,10H2,1H3. The number of fused-ring (bicyclic) bond motifs is 2. The number of amides is 1. The number of nitrogens with zero attached hydrogens (tertiary/aromatic N) is 4. The Bertz CT molecular complexity index is 863. The van der Waals surface area contributed by atoms with Crippen LogP contribution in [0.2, 0.25) is 0 Å². The number of aromatic nitrogens is 4. The summed E-state index contributed by atoms with van der Waals surface area (Å²) in [6.45, 7) is 4.09. The Balaban J connectivity index is 1.44. The minimum Gasteiger partial charge on any atom is -0.361 e. The lowest BCUT2D eigenvalue weighted by atomic mass is 10.1. The van der Waals surface area contributed by atoms with Crippen molar-refractivity contribution in [2.24, 2.45) is 0 Å². The summed E-state index contributed by atoms with van der Waals surface area (Å²) in [5.41, 5.74) is 3.57. The Morgan fingerprint density at radius 1 is 1.35 bits per heavy atom. The molecule has 0 atom stereocenters. The van der Waals surface area contributed by atoms with Crippen LogP contribution in [0.5, 0.6) is 0 Å². The summed E-state index contributed by atoms with van der Waals surface area (Å²) in [5, 5.41) is 5.36. The highest BCUT2D eigenvalue weighted by atomic mass is 16.2. The van der Waals surface area contributed by atoms with Gasteiger partial charge in [0.25, 0.3) is 0 Å². The molecule has 1 amide bonds. The summed E-state index contributed by atoms with van der Waals surface area (Å²) < 4.78 is 1.87. The molecule has 0 fully saturated rings. The molecule has 1 N–H and O–H groups in total. The molecule has 6 nitrogen and oxygen atoms in total. The van der Waals surface area contributed by atoms with Gasteiger partial charge in [-0.15, -0.1) is 0 Å². The summed E-state index contributed by atoms with van der Waals surface area (Å²) in [6.07, 6.45) is 4.85. The molecule has 3 heterocycles. The van der Waals surface area contributed by atoms with Crippen molar-refractivity contribution >= 4 is 16.8 Å². The first kappa shape index (κ1) is 14.0. The highest BCUT2D eigenvalue weighted by molar-refractivity contribution is 5.85. The molecular weight excluding hydrogens is 290 g/mol. The van der Waals surface area contributed by atoms with Crippen LogP contribution < -0.4 is 0 Å². The van der Waals surface area contributed by atoms with Gasteiger partial charge in [0.05, 0.1) is 13.1 Å². The first-order valence-corrected chi connectivity index (χ1v) is 7.92. The molecule has 0 radical (unpaired) electrons. The SMILES string of the molecule is Cc1ccc2[nH]cc(CCC(=O)N3CCn4ncnc4C3)c2c1. The van der Waals surface area contributed by atoms with Crippen molar-refractivity contribution in [1.29, 1.82) is 0 Å². The fourth-order valence-electron chi connectivity index (χ4n) is 3.17. The van der Waals surface area contributed by atoms with Crippen LogP contribution in [0.3, 0.4) is 0 Å². The fourth-order valence-corrected chi connectivity index (χ4v) is 3.17. The van der Waals surface area contributed by atoms with Crippen molar-refractivity contribution in [3.8, 4) is 0 Å². The van der Waals surface area contributed by atoms with Crippen LogP contribution in [0.25, 0.3) is 10.9 Å². The van der Waals surface area contributed by atoms with Gasteiger partial charge >= 0.3 is 0 Å². The molecular formula is C17H19N5O. The maximum atomic E-state index is 12.5. The fraction of sp³-hybridized carbons (Fsp3) is 0.353. The van der Waals surface area contributed by atoms with Crippen LogP contribution in [0.15, 0.2) is 30.7 Å². The summed E-state index contributed by atoms with van der Waals surface area (Å²) in [5.74, 6) is 1.05. The number of nitrogens with one attached hydrogen (secondary N) is 1. The number of carbonyl (C=O) groups excluding carboxylic acids is 1. The highest BCUT2D eigenvalue weighted by Gasteiger charge is 2.21. The molecule has 3 aromatic rings. The maximum Gasteiger partial charge on any atom is 0.223 e. The predicted octanol–water partition coefficient (Wildman–Crippen LogP) is 2.04. The van der Waals surface area contributed by atoms with Crippen LogP contribution in [0.4, 0.5) is 0 Å². The number of H-pyrrole nitrogens is 1. The van der Waals surface area contributed by atoms with Crippen molar-refractivity contribution in [3.63, 3.8) is 0 Å². The predicted molar refractivity (Wildman–Crippen MR) is 86.8 cm³/mol. The van der Waals surface area contributed by atoms with E-state index >= 15 is 0 Å². The van der Waals surface area contributed by atoms with Gasteiger partial charge in [-0.3, -0.25) is 4.79 Å². The number of hydrogen-bond acceptors (Lipinski definition) is 3. The average molecular weight is 309 g/mol. The quantitative estimate of drug-likeness (QED) is 0.805. The molecule has 1 aromatic carbocycles. The molecule has 0 saturated carbocycles. The van der Waals surface area contributed by atoms with E-state index in [1.165, 1.54) is 16.5 Å². The molecule has 4 rings (SSSR count). The van der Waals surface area contributed by atoms with Crippen molar-refractivity contribution in [2.45, 2.75) is 32.9 Å². The zero-order valence-electron chi connectivity index (χ0n) is 13.1. The molecule has 118 valence electrons. The minimum atomic E-state index is 0.182. The van der Waals surface area contributed by atoms with E-state index < -0.39 is 0 Å². The number of hydrogen-bond donors (Lipinski definition) is 1. The van der Waals surface area contributed by atoms with Gasteiger partial charge in [-0.1, -0.05) is 11.6 Å². The Morgan fingerprint density at radius 2 is 2.26 bits per heavy atom. The number of rotatable bonds is 3. The molecule has 0 unspecified atom stereocenters. The minimum absolute atomic E-state index is 0.182. The second kappa shape index (κ2) is 5.53. The molecule has 6 heteroatoms. The van der Waals surface area contributed by atoms with Crippen LogP contribution >= 0.6 is 0 Å². The van der Waals surface area contributed by atoms with Crippen LogP contribution in [-0.2, 0) is 24.3 Å². The summed E-state index contributed by atoms with van der Waals surface area (Å²) in [7, 11) is 0. The second-order valence-electron chi connectivity index (χ2n) is 6.08. The van der Waals surface area contributed by atoms with Gasteiger partial charge in [-0.2, -0.15) is 5.10 Å². The number of aryl methyl sites for hydroxylation is 2. The third-order valence-electron chi connectivity index (χ3n) is 4.49. The Hall–Kier alpha value is -2.63. The van der Waals surface area contributed by atoms with E-state index in [2.05, 4.69) is 40.2 Å². The first-order chi connectivity index (χ1) is 11.2. The Kier molecular flexibility index (Phi) is 3.37. The van der Waals surface area contributed by atoms with E-state index in [0.29, 0.717) is 19.5 Å². The van der Waals surface area contributed by atoms with Crippen molar-refractivity contribution in [2.75, 3.05) is 6.54 Å². The normalized spacial score (nSPS) is 14.2. The number of carbonyl (C=O) groups is 1. The first-order valence-electron chi connectivity index (χ1n) is 7.92. The molecule has 0 spiro atoms. The van der Waals surface area contributed by atoms with Crippen molar-refractivity contribution in [3.05, 3.63) is 47.7 Å². The number of aromatic amines is 1. The maximum absolute atomic E-state index is 12.5. The molecule has 2 aromatic heterocycles. The van der Waals surface area contributed by atoms with E-state index in [0.717, 1.165) is 24.3 Å². The van der Waals surface area contributed by atoms with E-state index in [4.69, 9.17) is 0 Å². The molecule has 0 aliphatic carbocycles. The van der Waals surface area contributed by atoms with E-state index in [9.17, 15) is 4.79 Å². The van der Waals surface area contributed by atoms with E-state index in [1.807, 2.05) is 15.8 Å². The van der Waals surface area contributed by atoms with Crippen LogP contribution in [0, 0.1) is 6.92 Å². The lowest BCUT2D eigenvalue weighted by Gasteiger charge is -2.26. The number of benzene rings is 1. The zero-order chi connectivity index (χ0) is 15.8. The third kappa shape index (κ3) is 2.60. The topological polar surface area (TPSA) is 66.8 Å². The van der Waals surface area contributed by atoms with Crippen LogP contribution in [-0.4, -0.2) is 37.1 Å². The van der Waals surface area contributed by atoms with Gasteiger partial charge in [0.2, 0.25) is 5.91 Å². The lowest BCUT2D eigenvalue weighted by molar-refractivity contribution is -0.132. The molecule has 23 heavy (non-hydrogen) atoms. The zero-order valence-corrected chi connectivity index (χ0v) is 13.1. The highest BCUT2D eigenvalue weighted by Crippen LogP contribution is 2.21.